The number of rotatable bonds is 4. The SMILES string of the molecule is CCOC(=O)c1cc2ccc(OC(=O)c3cc4ccccc4o3)cc2oc1=O. The fourth-order valence-electron chi connectivity index (χ4n) is 2.75. The number of hydrogen-bond acceptors (Lipinski definition) is 7. The zero-order valence-corrected chi connectivity index (χ0v) is 14.8. The largest absolute Gasteiger partial charge is 0.462 e. The Morgan fingerprint density at radius 3 is 2.46 bits per heavy atom. The number of furan rings is 1. The lowest BCUT2D eigenvalue weighted by atomic mass is 10.2. The minimum atomic E-state index is -0.827. The number of carbonyl (C=O) groups excluding carboxylic acids is 2. The van der Waals surface area contributed by atoms with Crippen LogP contribution in [0.15, 0.2) is 68.2 Å². The van der Waals surface area contributed by atoms with Crippen molar-refractivity contribution < 1.29 is 27.9 Å². The van der Waals surface area contributed by atoms with E-state index >= 15 is 0 Å². The number of esters is 2. The molecule has 0 atom stereocenters. The van der Waals surface area contributed by atoms with E-state index in [4.69, 9.17) is 18.3 Å². The molecule has 0 N–H and O–H groups in total. The third kappa shape index (κ3) is 3.25. The van der Waals surface area contributed by atoms with Crippen LogP contribution < -0.4 is 10.4 Å². The fourth-order valence-corrected chi connectivity index (χ4v) is 2.75. The van der Waals surface area contributed by atoms with Gasteiger partial charge in [0.1, 0.15) is 22.5 Å². The monoisotopic (exact) mass is 378 g/mol. The molecule has 140 valence electrons. The quantitative estimate of drug-likeness (QED) is 0.301. The molecule has 2 heterocycles. The molecular formula is C21H14O7. The van der Waals surface area contributed by atoms with Crippen molar-refractivity contribution >= 4 is 33.9 Å². The molecule has 2 aromatic carbocycles. The van der Waals surface area contributed by atoms with Gasteiger partial charge in [-0.25, -0.2) is 14.4 Å². The van der Waals surface area contributed by atoms with E-state index in [1.807, 2.05) is 12.1 Å². The first-order chi connectivity index (χ1) is 13.5. The van der Waals surface area contributed by atoms with Crippen LogP contribution in [0.4, 0.5) is 0 Å². The second-order valence-electron chi connectivity index (χ2n) is 5.91. The van der Waals surface area contributed by atoms with Gasteiger partial charge in [-0.2, -0.15) is 0 Å². The van der Waals surface area contributed by atoms with Gasteiger partial charge in [-0.05, 0) is 37.3 Å². The Hall–Kier alpha value is -3.87. The van der Waals surface area contributed by atoms with Crippen molar-refractivity contribution in [1.82, 2.24) is 0 Å². The molecule has 0 saturated carbocycles. The van der Waals surface area contributed by atoms with Gasteiger partial charge >= 0.3 is 17.6 Å². The standard InChI is InChI=1S/C21H14O7/c1-2-25-19(22)15-9-13-7-8-14(11-17(13)28-20(15)23)26-21(24)18-10-12-5-3-4-6-16(12)27-18/h3-11H,2H2,1H3. The summed E-state index contributed by atoms with van der Waals surface area (Å²) in [6.45, 7) is 1.79. The smallest absolute Gasteiger partial charge is 0.379 e. The van der Waals surface area contributed by atoms with E-state index in [9.17, 15) is 14.4 Å². The van der Waals surface area contributed by atoms with Crippen LogP contribution in [-0.4, -0.2) is 18.5 Å². The number of para-hydroxylation sites is 1. The van der Waals surface area contributed by atoms with E-state index in [0.717, 1.165) is 5.39 Å². The third-order valence-electron chi connectivity index (χ3n) is 4.04. The molecule has 0 bridgehead atoms. The summed E-state index contributed by atoms with van der Waals surface area (Å²) in [6.07, 6.45) is 0. The van der Waals surface area contributed by atoms with Crippen molar-refractivity contribution in [2.75, 3.05) is 6.61 Å². The van der Waals surface area contributed by atoms with Crippen LogP contribution in [0, 0.1) is 0 Å². The normalized spacial score (nSPS) is 10.9. The summed E-state index contributed by atoms with van der Waals surface area (Å²) >= 11 is 0. The topological polar surface area (TPSA) is 96.0 Å². The molecule has 28 heavy (non-hydrogen) atoms. The summed E-state index contributed by atoms with van der Waals surface area (Å²) in [7, 11) is 0. The van der Waals surface area contributed by atoms with Crippen molar-refractivity contribution in [1.29, 1.82) is 0 Å². The van der Waals surface area contributed by atoms with Crippen molar-refractivity contribution in [2.45, 2.75) is 6.92 Å². The van der Waals surface area contributed by atoms with Crippen LogP contribution in [0.1, 0.15) is 27.8 Å². The summed E-state index contributed by atoms with van der Waals surface area (Å²) in [4.78, 5) is 36.1. The van der Waals surface area contributed by atoms with E-state index in [1.165, 1.54) is 18.2 Å². The Balaban J connectivity index is 1.62. The summed E-state index contributed by atoms with van der Waals surface area (Å²) in [5, 5.41) is 1.27. The summed E-state index contributed by atoms with van der Waals surface area (Å²) in [5.74, 6) is -1.20. The summed E-state index contributed by atoms with van der Waals surface area (Å²) in [5.41, 5.74) is -0.272. The first-order valence-corrected chi connectivity index (χ1v) is 8.51. The molecule has 2 aromatic heterocycles. The molecule has 0 aliphatic rings. The van der Waals surface area contributed by atoms with Gasteiger partial charge in [-0.15, -0.1) is 0 Å². The van der Waals surface area contributed by atoms with E-state index < -0.39 is 17.6 Å². The zero-order valence-electron chi connectivity index (χ0n) is 14.8. The maximum atomic E-state index is 12.3. The number of benzene rings is 2. The molecule has 0 amide bonds. The first kappa shape index (κ1) is 17.5. The molecule has 7 heteroatoms. The third-order valence-corrected chi connectivity index (χ3v) is 4.04. The van der Waals surface area contributed by atoms with Crippen molar-refractivity contribution in [3.05, 3.63) is 76.3 Å². The number of hydrogen-bond donors (Lipinski definition) is 0. The Bertz CT molecular complexity index is 1230. The molecule has 0 radical (unpaired) electrons. The van der Waals surface area contributed by atoms with E-state index in [1.54, 1.807) is 31.2 Å². The second-order valence-corrected chi connectivity index (χ2v) is 5.91. The molecule has 0 unspecified atom stereocenters. The van der Waals surface area contributed by atoms with E-state index in [0.29, 0.717) is 11.0 Å². The van der Waals surface area contributed by atoms with Crippen LogP contribution in [0.2, 0.25) is 0 Å². The van der Waals surface area contributed by atoms with Crippen LogP contribution in [0.5, 0.6) is 5.75 Å². The Kier molecular flexibility index (Phi) is 4.41. The average molecular weight is 378 g/mol. The Morgan fingerprint density at radius 2 is 1.68 bits per heavy atom. The van der Waals surface area contributed by atoms with Crippen LogP contribution in [-0.2, 0) is 4.74 Å². The lowest BCUT2D eigenvalue weighted by molar-refractivity contribution is 0.0521. The van der Waals surface area contributed by atoms with Crippen LogP contribution in [0.3, 0.4) is 0 Å². The number of fused-ring (bicyclic) bond motifs is 2. The molecule has 0 aliphatic heterocycles. The van der Waals surface area contributed by atoms with E-state index in [2.05, 4.69) is 0 Å². The Labute approximate surface area is 158 Å². The van der Waals surface area contributed by atoms with Crippen molar-refractivity contribution in [3.63, 3.8) is 0 Å². The molecule has 0 aliphatic carbocycles. The van der Waals surface area contributed by atoms with Gasteiger partial charge in [0.2, 0.25) is 5.76 Å². The fraction of sp³-hybridized carbons (Fsp3) is 0.0952. The predicted molar refractivity (Wildman–Crippen MR) is 99.6 cm³/mol. The minimum absolute atomic E-state index is 0.0559. The summed E-state index contributed by atoms with van der Waals surface area (Å²) < 4.78 is 20.8. The number of ether oxygens (including phenoxy) is 2. The van der Waals surface area contributed by atoms with Crippen molar-refractivity contribution in [3.8, 4) is 5.75 Å². The van der Waals surface area contributed by atoms with E-state index in [-0.39, 0.29) is 29.3 Å². The van der Waals surface area contributed by atoms with Crippen molar-refractivity contribution in [2.24, 2.45) is 0 Å². The first-order valence-electron chi connectivity index (χ1n) is 8.51. The highest BCUT2D eigenvalue weighted by Gasteiger charge is 2.17. The van der Waals surface area contributed by atoms with Gasteiger partial charge in [0, 0.05) is 16.8 Å². The molecule has 7 nitrogen and oxygen atoms in total. The predicted octanol–water partition coefficient (Wildman–Crippen LogP) is 3.94. The lowest BCUT2D eigenvalue weighted by Gasteiger charge is -2.05. The zero-order chi connectivity index (χ0) is 19.7. The van der Waals surface area contributed by atoms with Gasteiger partial charge in [0.15, 0.2) is 0 Å². The highest BCUT2D eigenvalue weighted by Crippen LogP contribution is 2.24. The second kappa shape index (κ2) is 7.03. The molecular weight excluding hydrogens is 364 g/mol. The van der Waals surface area contributed by atoms with Gasteiger partial charge < -0.3 is 18.3 Å². The maximum Gasteiger partial charge on any atom is 0.379 e. The lowest BCUT2D eigenvalue weighted by Crippen LogP contribution is -2.16. The molecule has 4 aromatic rings. The molecule has 0 spiro atoms. The van der Waals surface area contributed by atoms with Crippen LogP contribution in [0.25, 0.3) is 21.9 Å². The van der Waals surface area contributed by atoms with Gasteiger partial charge in [0.25, 0.3) is 0 Å². The van der Waals surface area contributed by atoms with Crippen LogP contribution >= 0.6 is 0 Å². The molecule has 4 rings (SSSR count). The van der Waals surface area contributed by atoms with Gasteiger partial charge in [-0.1, -0.05) is 18.2 Å². The molecule has 0 saturated heterocycles. The Morgan fingerprint density at radius 1 is 0.893 bits per heavy atom. The highest BCUT2D eigenvalue weighted by molar-refractivity contribution is 5.95. The molecule has 0 fully saturated rings. The highest BCUT2D eigenvalue weighted by atomic mass is 16.5. The van der Waals surface area contributed by atoms with Gasteiger partial charge in [-0.3, -0.25) is 0 Å². The maximum absolute atomic E-state index is 12.3. The minimum Gasteiger partial charge on any atom is -0.462 e. The number of carbonyl (C=O) groups is 2. The van der Waals surface area contributed by atoms with Gasteiger partial charge in [0.05, 0.1) is 6.61 Å². The average Bonchev–Trinajstić information content (AvgIpc) is 3.12. The summed E-state index contributed by atoms with van der Waals surface area (Å²) in [6, 6.07) is 14.7.